The standard InChI is InChI=1S/C22H12F3NO3/c23-19(20(24)25)17-12-13(10-11-18(17)29-14-6-2-1-3-7-14)26-21(27)15-8-4-5-9-16(15)22(26)28/h1-12H. The number of anilines is 1. The molecule has 0 N–H and O–H groups in total. The van der Waals surface area contributed by atoms with Crippen LogP contribution in [0.4, 0.5) is 18.9 Å². The first-order valence-corrected chi connectivity index (χ1v) is 8.53. The van der Waals surface area contributed by atoms with E-state index in [1.165, 1.54) is 24.3 Å². The minimum absolute atomic E-state index is 0.0389. The van der Waals surface area contributed by atoms with Gasteiger partial charge in [0.05, 0.1) is 22.4 Å². The highest BCUT2D eigenvalue weighted by atomic mass is 19.3. The number of hydrogen-bond acceptors (Lipinski definition) is 3. The molecule has 4 nitrogen and oxygen atoms in total. The highest BCUT2D eigenvalue weighted by Gasteiger charge is 2.36. The minimum atomic E-state index is -2.54. The minimum Gasteiger partial charge on any atom is -0.457 e. The highest BCUT2D eigenvalue weighted by molar-refractivity contribution is 6.34. The smallest absolute Gasteiger partial charge is 0.306 e. The van der Waals surface area contributed by atoms with E-state index in [2.05, 4.69) is 0 Å². The van der Waals surface area contributed by atoms with Gasteiger partial charge in [0.1, 0.15) is 11.5 Å². The number of para-hydroxylation sites is 1. The lowest BCUT2D eigenvalue weighted by molar-refractivity contribution is 0.0926. The van der Waals surface area contributed by atoms with Gasteiger partial charge in [-0.25, -0.2) is 9.29 Å². The Hall–Kier alpha value is -3.87. The highest BCUT2D eigenvalue weighted by Crippen LogP contribution is 2.38. The molecule has 0 aromatic heterocycles. The average Bonchev–Trinajstić information content (AvgIpc) is 2.99. The summed E-state index contributed by atoms with van der Waals surface area (Å²) < 4.78 is 45.7. The van der Waals surface area contributed by atoms with E-state index in [0.717, 1.165) is 11.0 Å². The van der Waals surface area contributed by atoms with Gasteiger partial charge in [0.15, 0.2) is 5.83 Å². The van der Waals surface area contributed by atoms with Gasteiger partial charge in [0.25, 0.3) is 11.8 Å². The van der Waals surface area contributed by atoms with Crippen LogP contribution in [0.25, 0.3) is 5.83 Å². The third-order valence-electron chi connectivity index (χ3n) is 4.39. The number of carbonyl (C=O) groups excluding carboxylic acids is 2. The predicted octanol–water partition coefficient (Wildman–Crippen LogP) is 5.81. The summed E-state index contributed by atoms with van der Waals surface area (Å²) in [7, 11) is 0. The van der Waals surface area contributed by atoms with Crippen LogP contribution < -0.4 is 9.64 Å². The Morgan fingerprint density at radius 1 is 0.759 bits per heavy atom. The van der Waals surface area contributed by atoms with Crippen LogP contribution in [0.2, 0.25) is 0 Å². The number of amides is 2. The zero-order valence-corrected chi connectivity index (χ0v) is 14.7. The van der Waals surface area contributed by atoms with Crippen LogP contribution in [0, 0.1) is 0 Å². The average molecular weight is 395 g/mol. The SMILES string of the molecule is O=C1c2ccccc2C(=O)N1c1ccc(Oc2ccccc2)c(C(F)=C(F)F)c1. The third-order valence-corrected chi connectivity index (χ3v) is 4.39. The Kier molecular flexibility index (Phi) is 4.64. The molecule has 0 fully saturated rings. The Bertz CT molecular complexity index is 1120. The normalized spacial score (nSPS) is 12.7. The van der Waals surface area contributed by atoms with E-state index in [9.17, 15) is 22.8 Å². The van der Waals surface area contributed by atoms with E-state index in [4.69, 9.17) is 4.74 Å². The molecule has 3 aromatic rings. The molecule has 0 aliphatic carbocycles. The number of nitrogens with zero attached hydrogens (tertiary/aromatic N) is 1. The summed E-state index contributed by atoms with van der Waals surface area (Å²) in [6.45, 7) is 0. The van der Waals surface area contributed by atoms with Gasteiger partial charge in [0, 0.05) is 0 Å². The molecule has 0 spiro atoms. The van der Waals surface area contributed by atoms with Gasteiger partial charge < -0.3 is 4.74 Å². The maximum absolute atomic E-state index is 14.2. The summed E-state index contributed by atoms with van der Waals surface area (Å²) in [5.41, 5.74) is -0.224. The van der Waals surface area contributed by atoms with E-state index in [-0.39, 0.29) is 22.6 Å². The lowest BCUT2D eigenvalue weighted by Gasteiger charge is -2.17. The number of carbonyl (C=O) groups is 2. The molecule has 1 aliphatic rings. The molecule has 4 rings (SSSR count). The number of rotatable bonds is 4. The van der Waals surface area contributed by atoms with Gasteiger partial charge in [-0.15, -0.1) is 0 Å². The quantitative estimate of drug-likeness (QED) is 0.524. The van der Waals surface area contributed by atoms with Crippen molar-refractivity contribution in [1.29, 1.82) is 0 Å². The van der Waals surface area contributed by atoms with E-state index in [1.54, 1.807) is 42.5 Å². The molecule has 2 amide bonds. The van der Waals surface area contributed by atoms with Gasteiger partial charge in [-0.05, 0) is 42.5 Å². The second kappa shape index (κ2) is 7.27. The maximum atomic E-state index is 14.2. The molecule has 0 radical (unpaired) electrons. The van der Waals surface area contributed by atoms with Crippen LogP contribution in [0.1, 0.15) is 26.3 Å². The Balaban J connectivity index is 1.79. The molecular weight excluding hydrogens is 383 g/mol. The van der Waals surface area contributed by atoms with Crippen LogP contribution in [0.3, 0.4) is 0 Å². The molecule has 0 bridgehead atoms. The van der Waals surface area contributed by atoms with E-state index in [1.807, 2.05) is 0 Å². The number of imide groups is 1. The summed E-state index contributed by atoms with van der Waals surface area (Å²) in [5.74, 6) is -2.89. The molecule has 29 heavy (non-hydrogen) atoms. The first-order valence-electron chi connectivity index (χ1n) is 8.53. The summed E-state index contributed by atoms with van der Waals surface area (Å²) in [5, 5.41) is 0. The number of halogens is 3. The number of hydrogen-bond donors (Lipinski definition) is 0. The monoisotopic (exact) mass is 395 g/mol. The van der Waals surface area contributed by atoms with Crippen molar-refractivity contribution in [3.05, 3.63) is 95.6 Å². The fraction of sp³-hybridized carbons (Fsp3) is 0. The van der Waals surface area contributed by atoms with Gasteiger partial charge in [-0.2, -0.15) is 8.78 Å². The van der Waals surface area contributed by atoms with Crippen molar-refractivity contribution in [2.24, 2.45) is 0 Å². The topological polar surface area (TPSA) is 46.6 Å². The van der Waals surface area contributed by atoms with Crippen LogP contribution >= 0.6 is 0 Å². The molecule has 1 aliphatic heterocycles. The van der Waals surface area contributed by atoms with Crippen molar-refractivity contribution in [1.82, 2.24) is 0 Å². The van der Waals surface area contributed by atoms with E-state index in [0.29, 0.717) is 5.75 Å². The maximum Gasteiger partial charge on any atom is 0.306 e. The lowest BCUT2D eigenvalue weighted by atomic mass is 10.1. The fourth-order valence-corrected chi connectivity index (χ4v) is 3.06. The second-order valence-electron chi connectivity index (χ2n) is 6.16. The Morgan fingerprint density at radius 3 is 1.93 bits per heavy atom. The molecule has 0 unspecified atom stereocenters. The van der Waals surface area contributed by atoms with Gasteiger partial charge in [0.2, 0.25) is 0 Å². The molecule has 0 saturated carbocycles. The molecule has 0 saturated heterocycles. The first kappa shape index (κ1) is 18.5. The van der Waals surface area contributed by atoms with Crippen molar-refractivity contribution < 1.29 is 27.5 Å². The molecule has 3 aromatic carbocycles. The zero-order chi connectivity index (χ0) is 20.5. The fourth-order valence-electron chi connectivity index (χ4n) is 3.06. The molecule has 0 atom stereocenters. The molecular formula is C22H12F3NO3. The van der Waals surface area contributed by atoms with Crippen molar-refractivity contribution in [2.75, 3.05) is 4.90 Å². The van der Waals surface area contributed by atoms with Crippen LogP contribution in [-0.4, -0.2) is 11.8 Å². The molecule has 1 heterocycles. The predicted molar refractivity (Wildman–Crippen MR) is 101 cm³/mol. The largest absolute Gasteiger partial charge is 0.457 e. The third kappa shape index (κ3) is 3.27. The van der Waals surface area contributed by atoms with Gasteiger partial charge in [-0.1, -0.05) is 30.3 Å². The van der Waals surface area contributed by atoms with Crippen molar-refractivity contribution in [3.8, 4) is 11.5 Å². The van der Waals surface area contributed by atoms with Gasteiger partial charge >= 0.3 is 6.08 Å². The second-order valence-corrected chi connectivity index (χ2v) is 6.16. The van der Waals surface area contributed by atoms with Crippen molar-refractivity contribution in [2.45, 2.75) is 0 Å². The van der Waals surface area contributed by atoms with E-state index < -0.39 is 29.3 Å². The Labute approximate surface area is 163 Å². The van der Waals surface area contributed by atoms with Gasteiger partial charge in [-0.3, -0.25) is 9.59 Å². The number of fused-ring (bicyclic) bond motifs is 1. The number of benzene rings is 3. The summed E-state index contributed by atoms with van der Waals surface area (Å²) in [4.78, 5) is 26.1. The molecule has 7 heteroatoms. The summed E-state index contributed by atoms with van der Waals surface area (Å²) in [6, 6.07) is 18.0. The van der Waals surface area contributed by atoms with Crippen LogP contribution in [0.5, 0.6) is 11.5 Å². The summed E-state index contributed by atoms with van der Waals surface area (Å²) in [6.07, 6.45) is -2.54. The zero-order valence-electron chi connectivity index (χ0n) is 14.7. The van der Waals surface area contributed by atoms with Crippen LogP contribution in [-0.2, 0) is 0 Å². The number of ether oxygens (including phenoxy) is 1. The van der Waals surface area contributed by atoms with Crippen molar-refractivity contribution in [3.63, 3.8) is 0 Å². The van der Waals surface area contributed by atoms with Crippen molar-refractivity contribution >= 4 is 23.3 Å². The van der Waals surface area contributed by atoms with E-state index >= 15 is 0 Å². The Morgan fingerprint density at radius 2 is 1.34 bits per heavy atom. The first-order chi connectivity index (χ1) is 14.0. The molecule has 144 valence electrons. The summed E-state index contributed by atoms with van der Waals surface area (Å²) >= 11 is 0. The lowest BCUT2D eigenvalue weighted by Crippen LogP contribution is -2.29. The van der Waals surface area contributed by atoms with Crippen LogP contribution in [0.15, 0.2) is 78.9 Å².